The van der Waals surface area contributed by atoms with Crippen molar-refractivity contribution in [2.45, 2.75) is 12.8 Å². The second-order valence-corrected chi connectivity index (χ2v) is 7.19. The number of hydrogen-bond donors (Lipinski definition) is 2. The fraction of sp³-hybridized carbons (Fsp3) is 0.471. The summed E-state index contributed by atoms with van der Waals surface area (Å²) >= 11 is 12.0. The lowest BCUT2D eigenvalue weighted by Gasteiger charge is -2.31. The number of nitrogens with two attached hydrogens (primary N) is 1. The molecule has 0 bridgehead atoms. The Morgan fingerprint density at radius 3 is 2.58 bits per heavy atom. The molecular weight excluding hydrogens is 379 g/mol. The zero-order valence-corrected chi connectivity index (χ0v) is 16.0. The summed E-state index contributed by atoms with van der Waals surface area (Å²) in [5, 5.41) is 3.27. The van der Waals surface area contributed by atoms with E-state index in [1.54, 1.807) is 25.2 Å². The topological polar surface area (TPSA) is 95.7 Å². The molecule has 0 spiro atoms. The number of primary amides is 1. The van der Waals surface area contributed by atoms with Crippen LogP contribution in [-0.2, 0) is 14.4 Å². The number of carbonyl (C=O) groups excluding carboxylic acids is 3. The number of anilines is 1. The molecule has 9 heteroatoms. The van der Waals surface area contributed by atoms with E-state index in [-0.39, 0.29) is 30.8 Å². The molecular formula is C17H22Cl2N4O3. The zero-order valence-electron chi connectivity index (χ0n) is 14.5. The van der Waals surface area contributed by atoms with Gasteiger partial charge < -0.3 is 16.0 Å². The van der Waals surface area contributed by atoms with Crippen molar-refractivity contribution in [3.63, 3.8) is 0 Å². The average molecular weight is 401 g/mol. The van der Waals surface area contributed by atoms with E-state index >= 15 is 0 Å². The molecule has 142 valence electrons. The van der Waals surface area contributed by atoms with Gasteiger partial charge in [0.05, 0.1) is 34.7 Å². The average Bonchev–Trinajstić information content (AvgIpc) is 2.58. The number of carbonyl (C=O) groups is 3. The van der Waals surface area contributed by atoms with Crippen molar-refractivity contribution in [3.8, 4) is 0 Å². The summed E-state index contributed by atoms with van der Waals surface area (Å²) in [6.45, 7) is 1.20. The maximum atomic E-state index is 12.3. The monoisotopic (exact) mass is 400 g/mol. The first-order valence-corrected chi connectivity index (χ1v) is 9.03. The third-order valence-electron chi connectivity index (χ3n) is 4.30. The van der Waals surface area contributed by atoms with Crippen molar-refractivity contribution >= 4 is 46.6 Å². The number of piperidine rings is 1. The lowest BCUT2D eigenvalue weighted by Crippen LogP contribution is -2.47. The van der Waals surface area contributed by atoms with Crippen LogP contribution in [0.2, 0.25) is 10.0 Å². The minimum absolute atomic E-state index is 0.131. The molecule has 2 rings (SSSR count). The summed E-state index contributed by atoms with van der Waals surface area (Å²) in [7, 11) is 1.55. The summed E-state index contributed by atoms with van der Waals surface area (Å²) in [6, 6.07) is 4.90. The summed E-state index contributed by atoms with van der Waals surface area (Å²) in [5.74, 6) is -1.18. The number of rotatable bonds is 6. The van der Waals surface area contributed by atoms with Gasteiger partial charge in [-0.05, 0) is 31.5 Å². The Morgan fingerprint density at radius 1 is 1.31 bits per heavy atom. The Balaban J connectivity index is 1.86. The van der Waals surface area contributed by atoms with Gasteiger partial charge in [-0.1, -0.05) is 29.3 Å². The fourth-order valence-corrected chi connectivity index (χ4v) is 3.34. The Labute approximate surface area is 162 Å². The molecule has 1 atom stereocenters. The van der Waals surface area contributed by atoms with Crippen LogP contribution in [0.15, 0.2) is 18.2 Å². The van der Waals surface area contributed by atoms with Crippen molar-refractivity contribution in [3.05, 3.63) is 28.2 Å². The first-order chi connectivity index (χ1) is 12.3. The Kier molecular flexibility index (Phi) is 7.25. The lowest BCUT2D eigenvalue weighted by molar-refractivity contribution is -0.135. The molecule has 7 nitrogen and oxygen atoms in total. The Bertz CT molecular complexity index is 678. The van der Waals surface area contributed by atoms with Crippen molar-refractivity contribution < 1.29 is 14.4 Å². The molecule has 1 aromatic rings. The van der Waals surface area contributed by atoms with Gasteiger partial charge in [0.15, 0.2) is 0 Å². The minimum Gasteiger partial charge on any atom is -0.369 e. The van der Waals surface area contributed by atoms with Gasteiger partial charge in [-0.3, -0.25) is 19.3 Å². The van der Waals surface area contributed by atoms with Crippen LogP contribution in [0, 0.1) is 5.92 Å². The van der Waals surface area contributed by atoms with Gasteiger partial charge in [0.2, 0.25) is 17.7 Å². The van der Waals surface area contributed by atoms with E-state index in [9.17, 15) is 14.4 Å². The normalized spacial score (nSPS) is 17.6. The van der Waals surface area contributed by atoms with E-state index in [2.05, 4.69) is 5.32 Å². The predicted octanol–water partition coefficient (Wildman–Crippen LogP) is 1.59. The molecule has 0 radical (unpaired) electrons. The molecule has 1 fully saturated rings. The van der Waals surface area contributed by atoms with Gasteiger partial charge in [-0.15, -0.1) is 0 Å². The first kappa shape index (κ1) is 20.5. The Morgan fingerprint density at radius 2 is 1.96 bits per heavy atom. The van der Waals surface area contributed by atoms with E-state index < -0.39 is 5.91 Å². The molecule has 1 saturated heterocycles. The number of likely N-dealkylation sites (tertiary alicyclic amines) is 1. The molecule has 26 heavy (non-hydrogen) atoms. The van der Waals surface area contributed by atoms with Gasteiger partial charge in [0.25, 0.3) is 0 Å². The molecule has 0 saturated carbocycles. The van der Waals surface area contributed by atoms with Crippen LogP contribution < -0.4 is 11.1 Å². The van der Waals surface area contributed by atoms with Crippen molar-refractivity contribution in [1.82, 2.24) is 9.80 Å². The fourth-order valence-electron chi connectivity index (χ4n) is 2.84. The van der Waals surface area contributed by atoms with Gasteiger partial charge in [0, 0.05) is 13.6 Å². The maximum absolute atomic E-state index is 12.3. The van der Waals surface area contributed by atoms with Crippen LogP contribution in [0.25, 0.3) is 0 Å². The number of hydrogen-bond acceptors (Lipinski definition) is 4. The van der Waals surface area contributed by atoms with Gasteiger partial charge in [0.1, 0.15) is 0 Å². The smallest absolute Gasteiger partial charge is 0.244 e. The third kappa shape index (κ3) is 5.59. The number of nitrogens with one attached hydrogen (secondary N) is 1. The molecule has 0 aliphatic carbocycles. The molecule has 1 aliphatic heterocycles. The largest absolute Gasteiger partial charge is 0.369 e. The second-order valence-electron chi connectivity index (χ2n) is 6.37. The summed E-state index contributed by atoms with van der Waals surface area (Å²) in [4.78, 5) is 39.0. The van der Waals surface area contributed by atoms with Crippen LogP contribution in [0.1, 0.15) is 12.8 Å². The van der Waals surface area contributed by atoms with Gasteiger partial charge in [-0.25, -0.2) is 0 Å². The lowest BCUT2D eigenvalue weighted by atomic mass is 9.97. The van der Waals surface area contributed by atoms with Crippen LogP contribution in [0.4, 0.5) is 5.69 Å². The SMILES string of the molecule is CN(CC(=O)Nc1c(Cl)cccc1Cl)C(=O)CN1CCC[C@H](C(N)=O)C1. The highest BCUT2D eigenvalue weighted by Crippen LogP contribution is 2.29. The third-order valence-corrected chi connectivity index (χ3v) is 4.93. The number of benzene rings is 1. The van der Waals surface area contributed by atoms with Crippen LogP contribution >= 0.6 is 23.2 Å². The van der Waals surface area contributed by atoms with E-state index in [0.29, 0.717) is 22.3 Å². The van der Waals surface area contributed by atoms with E-state index in [0.717, 1.165) is 19.4 Å². The van der Waals surface area contributed by atoms with Crippen molar-refractivity contribution in [2.75, 3.05) is 38.5 Å². The number of para-hydroxylation sites is 1. The first-order valence-electron chi connectivity index (χ1n) is 8.27. The minimum atomic E-state index is -0.399. The maximum Gasteiger partial charge on any atom is 0.244 e. The number of nitrogens with zero attached hydrogens (tertiary/aromatic N) is 2. The summed E-state index contributed by atoms with van der Waals surface area (Å²) in [5.41, 5.74) is 5.67. The van der Waals surface area contributed by atoms with E-state index in [1.165, 1.54) is 4.90 Å². The number of halogens is 2. The predicted molar refractivity (Wildman–Crippen MR) is 101 cm³/mol. The second kappa shape index (κ2) is 9.21. The molecule has 3 amide bonds. The number of amides is 3. The Hall–Kier alpha value is -1.83. The molecule has 1 heterocycles. The number of likely N-dealkylation sites (N-methyl/N-ethyl adjacent to an activating group) is 1. The molecule has 3 N–H and O–H groups in total. The van der Waals surface area contributed by atoms with Crippen LogP contribution in [-0.4, -0.2) is 60.7 Å². The standard InChI is InChI=1S/C17H22Cl2N4O3/c1-22(9-14(24)21-16-12(18)5-2-6-13(16)19)15(25)10-23-7-3-4-11(8-23)17(20)26/h2,5-6,11H,3-4,7-10H2,1H3,(H2,20,26)(H,21,24)/t11-/m0/s1. The van der Waals surface area contributed by atoms with Crippen LogP contribution in [0.3, 0.4) is 0 Å². The quantitative estimate of drug-likeness (QED) is 0.757. The van der Waals surface area contributed by atoms with Crippen molar-refractivity contribution in [2.24, 2.45) is 11.7 Å². The van der Waals surface area contributed by atoms with E-state index in [1.807, 2.05) is 4.90 Å². The summed E-state index contributed by atoms with van der Waals surface area (Å²) < 4.78 is 0. The molecule has 1 aliphatic rings. The van der Waals surface area contributed by atoms with Crippen molar-refractivity contribution in [1.29, 1.82) is 0 Å². The molecule has 1 aromatic carbocycles. The summed E-state index contributed by atoms with van der Waals surface area (Å²) in [6.07, 6.45) is 1.56. The molecule has 0 unspecified atom stereocenters. The highest BCUT2D eigenvalue weighted by molar-refractivity contribution is 6.39. The molecule has 0 aromatic heterocycles. The van der Waals surface area contributed by atoms with Crippen LogP contribution in [0.5, 0.6) is 0 Å². The van der Waals surface area contributed by atoms with Gasteiger partial charge in [-0.2, -0.15) is 0 Å². The van der Waals surface area contributed by atoms with E-state index in [4.69, 9.17) is 28.9 Å². The zero-order chi connectivity index (χ0) is 19.3. The van der Waals surface area contributed by atoms with Gasteiger partial charge >= 0.3 is 0 Å². The highest BCUT2D eigenvalue weighted by Gasteiger charge is 2.26. The highest BCUT2D eigenvalue weighted by atomic mass is 35.5.